The van der Waals surface area contributed by atoms with Gasteiger partial charge in [0.25, 0.3) is 11.6 Å². The number of nitriles is 1. The Morgan fingerprint density at radius 2 is 1.88 bits per heavy atom. The van der Waals surface area contributed by atoms with E-state index in [1.54, 1.807) is 43.3 Å². The van der Waals surface area contributed by atoms with Gasteiger partial charge in [0.15, 0.2) is 0 Å². The first kappa shape index (κ1) is 23.8. The van der Waals surface area contributed by atoms with Crippen LogP contribution >= 0.6 is 23.2 Å². The maximum atomic E-state index is 12.6. The quantitative estimate of drug-likeness (QED) is 0.183. The summed E-state index contributed by atoms with van der Waals surface area (Å²) in [6.07, 6.45) is 1.34. The number of hydrogen-bond acceptors (Lipinski definition) is 5. The molecule has 0 aliphatic heterocycles. The third-order valence-electron chi connectivity index (χ3n) is 4.54. The zero-order chi connectivity index (χ0) is 24.0. The van der Waals surface area contributed by atoms with Gasteiger partial charge in [-0.05, 0) is 60.0 Å². The summed E-state index contributed by atoms with van der Waals surface area (Å²) in [7, 11) is 0. The van der Waals surface area contributed by atoms with Crippen molar-refractivity contribution >= 4 is 46.6 Å². The number of hydrogen-bond donors (Lipinski definition) is 1. The van der Waals surface area contributed by atoms with Gasteiger partial charge in [0, 0.05) is 11.1 Å². The largest absolute Gasteiger partial charge is 0.487 e. The molecule has 3 rings (SSSR count). The summed E-state index contributed by atoms with van der Waals surface area (Å²) < 4.78 is 5.72. The maximum Gasteiger partial charge on any atom is 0.293 e. The van der Waals surface area contributed by atoms with Crippen molar-refractivity contribution in [2.24, 2.45) is 0 Å². The number of nitro groups is 1. The van der Waals surface area contributed by atoms with Gasteiger partial charge in [0.2, 0.25) is 0 Å². The molecule has 3 aromatic carbocycles. The Balaban J connectivity index is 1.75. The van der Waals surface area contributed by atoms with Crippen LogP contribution in [0.2, 0.25) is 10.0 Å². The predicted molar refractivity (Wildman–Crippen MR) is 127 cm³/mol. The van der Waals surface area contributed by atoms with Gasteiger partial charge in [-0.2, -0.15) is 5.26 Å². The van der Waals surface area contributed by atoms with Gasteiger partial charge < -0.3 is 10.1 Å². The van der Waals surface area contributed by atoms with Crippen molar-refractivity contribution in [1.29, 1.82) is 5.26 Å². The van der Waals surface area contributed by atoms with Crippen molar-refractivity contribution in [2.45, 2.75) is 13.5 Å². The Hall–Kier alpha value is -3.86. The highest BCUT2D eigenvalue weighted by atomic mass is 35.5. The van der Waals surface area contributed by atoms with E-state index >= 15 is 0 Å². The summed E-state index contributed by atoms with van der Waals surface area (Å²) in [6, 6.07) is 18.2. The summed E-state index contributed by atoms with van der Waals surface area (Å²) in [5.74, 6) is -0.342. The molecular formula is C24H17Cl2N3O4. The summed E-state index contributed by atoms with van der Waals surface area (Å²) in [5, 5.41) is 24.0. The molecule has 0 atom stereocenters. The van der Waals surface area contributed by atoms with Crippen molar-refractivity contribution in [3.05, 3.63) is 103 Å². The van der Waals surface area contributed by atoms with Crippen molar-refractivity contribution in [3.8, 4) is 11.8 Å². The van der Waals surface area contributed by atoms with Crippen LogP contribution in [-0.2, 0) is 11.4 Å². The van der Waals surface area contributed by atoms with Crippen LogP contribution < -0.4 is 10.1 Å². The molecule has 0 heterocycles. The molecule has 0 aromatic heterocycles. The molecule has 1 amide bonds. The van der Waals surface area contributed by atoms with E-state index in [0.717, 1.165) is 5.56 Å². The Labute approximate surface area is 200 Å². The normalized spacial score (nSPS) is 10.9. The van der Waals surface area contributed by atoms with Crippen LogP contribution in [0.4, 0.5) is 11.4 Å². The zero-order valence-electron chi connectivity index (χ0n) is 17.3. The monoisotopic (exact) mass is 481 g/mol. The van der Waals surface area contributed by atoms with Crippen LogP contribution in [0, 0.1) is 28.4 Å². The fourth-order valence-electron chi connectivity index (χ4n) is 2.87. The number of carbonyl (C=O) groups excluding carboxylic acids is 1. The highest BCUT2D eigenvalue weighted by Gasteiger charge is 2.18. The number of ether oxygens (including phenoxy) is 1. The van der Waals surface area contributed by atoms with E-state index in [2.05, 4.69) is 5.32 Å². The highest BCUT2D eigenvalue weighted by molar-refractivity contribution is 6.32. The minimum Gasteiger partial charge on any atom is -0.487 e. The van der Waals surface area contributed by atoms with E-state index in [1.165, 1.54) is 18.2 Å². The Morgan fingerprint density at radius 1 is 1.15 bits per heavy atom. The molecule has 166 valence electrons. The summed E-state index contributed by atoms with van der Waals surface area (Å²) in [4.78, 5) is 23.2. The molecule has 1 N–H and O–H groups in total. The van der Waals surface area contributed by atoms with E-state index in [9.17, 15) is 20.2 Å². The fourth-order valence-corrected chi connectivity index (χ4v) is 3.24. The van der Waals surface area contributed by atoms with Crippen LogP contribution in [0.1, 0.15) is 16.7 Å². The fraction of sp³-hybridized carbons (Fsp3) is 0.0833. The van der Waals surface area contributed by atoms with Crippen molar-refractivity contribution in [1.82, 2.24) is 0 Å². The summed E-state index contributed by atoms with van der Waals surface area (Å²) in [5.41, 5.74) is 1.57. The first-order valence-corrected chi connectivity index (χ1v) is 10.4. The molecule has 9 heteroatoms. The number of amides is 1. The van der Waals surface area contributed by atoms with Gasteiger partial charge in [0.05, 0.1) is 9.95 Å². The number of rotatable bonds is 7. The van der Waals surface area contributed by atoms with Crippen molar-refractivity contribution in [3.63, 3.8) is 0 Å². The average molecular weight is 482 g/mol. The molecule has 0 fully saturated rings. The second kappa shape index (κ2) is 10.6. The molecule has 0 spiro atoms. The lowest BCUT2D eigenvalue weighted by molar-refractivity contribution is -0.384. The number of carbonyl (C=O) groups is 1. The molecule has 0 bridgehead atoms. The second-order valence-electron chi connectivity index (χ2n) is 7.01. The number of anilines is 1. The molecule has 33 heavy (non-hydrogen) atoms. The number of nitro benzene ring substituents is 1. The van der Waals surface area contributed by atoms with E-state index in [0.29, 0.717) is 26.9 Å². The molecule has 0 saturated carbocycles. The molecule has 0 unspecified atom stereocenters. The first-order chi connectivity index (χ1) is 15.8. The lowest BCUT2D eigenvalue weighted by atomic mass is 10.1. The number of aryl methyl sites for hydroxylation is 1. The molecule has 0 aliphatic carbocycles. The molecule has 0 saturated heterocycles. The Morgan fingerprint density at radius 3 is 2.52 bits per heavy atom. The van der Waals surface area contributed by atoms with E-state index in [1.807, 2.05) is 18.2 Å². The molecule has 7 nitrogen and oxygen atoms in total. The molecule has 3 aromatic rings. The molecular weight excluding hydrogens is 465 g/mol. The van der Waals surface area contributed by atoms with E-state index in [-0.39, 0.29) is 23.6 Å². The van der Waals surface area contributed by atoms with Gasteiger partial charge in [-0.15, -0.1) is 0 Å². The lowest BCUT2D eigenvalue weighted by Gasteiger charge is -2.09. The van der Waals surface area contributed by atoms with Crippen LogP contribution in [0.5, 0.6) is 5.75 Å². The number of nitrogens with one attached hydrogen (secondary N) is 1. The molecule has 0 aliphatic rings. The predicted octanol–water partition coefficient (Wildman–Crippen LogP) is 6.33. The topological polar surface area (TPSA) is 105 Å². The number of benzene rings is 3. The van der Waals surface area contributed by atoms with Crippen LogP contribution in [0.3, 0.4) is 0 Å². The zero-order valence-corrected chi connectivity index (χ0v) is 18.9. The summed E-state index contributed by atoms with van der Waals surface area (Å²) in [6.45, 7) is 1.99. The van der Waals surface area contributed by atoms with Crippen molar-refractivity contribution in [2.75, 3.05) is 5.32 Å². The van der Waals surface area contributed by atoms with Gasteiger partial charge in [-0.3, -0.25) is 14.9 Å². The highest BCUT2D eigenvalue weighted by Crippen LogP contribution is 2.28. The summed E-state index contributed by atoms with van der Waals surface area (Å²) >= 11 is 12.2. The standard InChI is InChI=1S/C24H17Cl2N3O4/c1-15-2-8-21(22(10-15)29(31)32)28-24(30)18(13-27)11-17-5-9-23(20(26)12-17)33-14-16-3-6-19(25)7-4-16/h2-12H,14H2,1H3,(H,28,30)/b18-11+. The van der Waals surface area contributed by atoms with Gasteiger partial charge in [-0.1, -0.05) is 47.5 Å². The minimum atomic E-state index is -0.774. The van der Waals surface area contributed by atoms with Gasteiger partial charge in [0.1, 0.15) is 29.7 Å². The molecule has 0 radical (unpaired) electrons. The van der Waals surface area contributed by atoms with Crippen LogP contribution in [-0.4, -0.2) is 10.8 Å². The third kappa shape index (κ3) is 6.32. The minimum absolute atomic E-state index is 0.000676. The number of nitrogens with zero attached hydrogens (tertiary/aromatic N) is 2. The SMILES string of the molecule is Cc1ccc(NC(=O)/C(C#N)=C/c2ccc(OCc3ccc(Cl)cc3)c(Cl)c2)c([N+](=O)[O-])c1. The van der Waals surface area contributed by atoms with Gasteiger partial charge in [-0.25, -0.2) is 0 Å². The smallest absolute Gasteiger partial charge is 0.293 e. The lowest BCUT2D eigenvalue weighted by Crippen LogP contribution is -2.14. The van der Waals surface area contributed by atoms with E-state index < -0.39 is 10.8 Å². The third-order valence-corrected chi connectivity index (χ3v) is 5.09. The first-order valence-electron chi connectivity index (χ1n) is 9.62. The van der Waals surface area contributed by atoms with Crippen LogP contribution in [0.25, 0.3) is 6.08 Å². The Bertz CT molecular complexity index is 1280. The Kier molecular flexibility index (Phi) is 7.67. The van der Waals surface area contributed by atoms with Crippen LogP contribution in [0.15, 0.2) is 66.2 Å². The van der Waals surface area contributed by atoms with Gasteiger partial charge >= 0.3 is 0 Å². The maximum absolute atomic E-state index is 12.6. The second-order valence-corrected chi connectivity index (χ2v) is 7.85. The average Bonchev–Trinajstić information content (AvgIpc) is 2.79. The van der Waals surface area contributed by atoms with Crippen molar-refractivity contribution < 1.29 is 14.5 Å². The number of halogens is 2. The van der Waals surface area contributed by atoms with E-state index in [4.69, 9.17) is 27.9 Å².